The van der Waals surface area contributed by atoms with Crippen molar-refractivity contribution < 1.29 is 14.0 Å². The maximum atomic E-state index is 12.2. The molecule has 1 aromatic heterocycles. The van der Waals surface area contributed by atoms with Gasteiger partial charge in [-0.1, -0.05) is 18.2 Å². The van der Waals surface area contributed by atoms with Gasteiger partial charge >= 0.3 is 0 Å². The number of nitrogens with zero attached hydrogens (tertiary/aromatic N) is 1. The normalized spacial score (nSPS) is 10.9. The van der Waals surface area contributed by atoms with E-state index >= 15 is 0 Å². The molecular formula is C15H18N2O3. The zero-order chi connectivity index (χ0) is 14.5. The second-order valence-electron chi connectivity index (χ2n) is 4.69. The first kappa shape index (κ1) is 14.3. The zero-order valence-electron chi connectivity index (χ0n) is 11.7. The van der Waals surface area contributed by atoms with Crippen LogP contribution in [0.25, 0.3) is 11.0 Å². The number of carbonyl (C=O) groups excluding carboxylic acids is 2. The van der Waals surface area contributed by atoms with Crippen LogP contribution in [0.15, 0.2) is 34.9 Å². The van der Waals surface area contributed by atoms with Crippen molar-refractivity contribution in [1.82, 2.24) is 10.2 Å². The molecule has 0 aliphatic rings. The molecule has 5 nitrogen and oxygen atoms in total. The molecule has 1 amide bonds. The second kappa shape index (κ2) is 6.34. The molecule has 2 rings (SSSR count). The molecule has 0 aliphatic heterocycles. The summed E-state index contributed by atoms with van der Waals surface area (Å²) in [6.45, 7) is 2.84. The average molecular weight is 274 g/mol. The van der Waals surface area contributed by atoms with Crippen molar-refractivity contribution in [1.29, 1.82) is 0 Å². The molecule has 20 heavy (non-hydrogen) atoms. The van der Waals surface area contributed by atoms with Gasteiger partial charge < -0.3 is 9.73 Å². The van der Waals surface area contributed by atoms with Gasteiger partial charge in [0.15, 0.2) is 5.78 Å². The lowest BCUT2D eigenvalue weighted by Crippen LogP contribution is -2.37. The first-order valence-corrected chi connectivity index (χ1v) is 6.56. The van der Waals surface area contributed by atoms with Crippen LogP contribution in [0.4, 0.5) is 0 Å². The highest BCUT2D eigenvalue weighted by atomic mass is 16.3. The number of carbonyl (C=O) groups is 2. The van der Waals surface area contributed by atoms with Gasteiger partial charge in [0.2, 0.25) is 5.91 Å². The van der Waals surface area contributed by atoms with Gasteiger partial charge in [-0.3, -0.25) is 14.5 Å². The summed E-state index contributed by atoms with van der Waals surface area (Å²) in [6.07, 6.45) is 1.48. The summed E-state index contributed by atoms with van der Waals surface area (Å²) < 4.78 is 5.35. The highest BCUT2D eigenvalue weighted by Gasteiger charge is 2.16. The number of nitrogens with one attached hydrogen (secondary N) is 1. The van der Waals surface area contributed by atoms with Crippen LogP contribution in [0.2, 0.25) is 0 Å². The minimum absolute atomic E-state index is 0.0539. The molecule has 0 saturated carbocycles. The van der Waals surface area contributed by atoms with Crippen molar-refractivity contribution in [3.8, 4) is 0 Å². The predicted octanol–water partition coefficient (Wildman–Crippen LogP) is 1.68. The third-order valence-corrected chi connectivity index (χ3v) is 2.98. The minimum Gasteiger partial charge on any atom is -0.464 e. The Labute approximate surface area is 117 Å². The zero-order valence-corrected chi connectivity index (χ0v) is 11.7. The van der Waals surface area contributed by atoms with Crippen molar-refractivity contribution in [2.45, 2.75) is 6.92 Å². The first-order valence-electron chi connectivity index (χ1n) is 6.56. The third kappa shape index (κ3) is 3.24. The lowest BCUT2D eigenvalue weighted by atomic mass is 10.1. The summed E-state index contributed by atoms with van der Waals surface area (Å²) in [5, 5.41) is 3.51. The van der Waals surface area contributed by atoms with Crippen molar-refractivity contribution in [3.63, 3.8) is 0 Å². The maximum absolute atomic E-state index is 12.2. The van der Waals surface area contributed by atoms with Gasteiger partial charge in [-0.2, -0.15) is 0 Å². The molecule has 0 fully saturated rings. The molecule has 0 atom stereocenters. The predicted molar refractivity (Wildman–Crippen MR) is 76.7 cm³/mol. The Kier molecular flexibility index (Phi) is 4.53. The minimum atomic E-state index is -0.0835. The van der Waals surface area contributed by atoms with Gasteiger partial charge in [-0.15, -0.1) is 0 Å². The van der Waals surface area contributed by atoms with E-state index in [1.165, 1.54) is 6.26 Å². The molecule has 1 heterocycles. The third-order valence-electron chi connectivity index (χ3n) is 2.98. The topological polar surface area (TPSA) is 62.6 Å². The summed E-state index contributed by atoms with van der Waals surface area (Å²) >= 11 is 0. The van der Waals surface area contributed by atoms with E-state index in [1.807, 2.05) is 31.2 Å². The molecule has 0 aliphatic carbocycles. The summed E-state index contributed by atoms with van der Waals surface area (Å²) in [6, 6.07) is 7.41. The van der Waals surface area contributed by atoms with E-state index in [2.05, 4.69) is 5.32 Å². The second-order valence-corrected chi connectivity index (χ2v) is 4.69. The van der Waals surface area contributed by atoms with E-state index in [9.17, 15) is 9.59 Å². The van der Waals surface area contributed by atoms with Crippen LogP contribution in [0.5, 0.6) is 0 Å². The number of hydrogen-bond donors (Lipinski definition) is 1. The lowest BCUT2D eigenvalue weighted by Gasteiger charge is -2.14. The SMILES string of the molecule is CCNC(=O)CN(C)CC(=O)c1coc2ccccc12. The first-order chi connectivity index (χ1) is 9.61. The van der Waals surface area contributed by atoms with Crippen LogP contribution < -0.4 is 5.32 Å². The van der Waals surface area contributed by atoms with Crippen LogP contribution >= 0.6 is 0 Å². The number of ketones is 1. The fourth-order valence-corrected chi connectivity index (χ4v) is 2.08. The summed E-state index contributed by atoms with van der Waals surface area (Å²) in [7, 11) is 1.75. The van der Waals surface area contributed by atoms with Crippen LogP contribution in [0, 0.1) is 0 Å². The molecule has 1 N–H and O–H groups in total. The highest BCUT2D eigenvalue weighted by Crippen LogP contribution is 2.21. The largest absolute Gasteiger partial charge is 0.464 e. The number of likely N-dealkylation sites (N-methyl/N-ethyl adjacent to an activating group) is 2. The summed E-state index contributed by atoms with van der Waals surface area (Å²) in [5.74, 6) is -0.137. The molecule has 2 aromatic rings. The molecule has 0 radical (unpaired) electrons. The van der Waals surface area contributed by atoms with Crippen LogP contribution in [-0.4, -0.2) is 43.3 Å². The molecule has 106 valence electrons. The smallest absolute Gasteiger partial charge is 0.234 e. The van der Waals surface area contributed by atoms with E-state index in [-0.39, 0.29) is 24.8 Å². The van der Waals surface area contributed by atoms with Crippen molar-refractivity contribution in [3.05, 3.63) is 36.1 Å². The molecular weight excluding hydrogens is 256 g/mol. The van der Waals surface area contributed by atoms with E-state index in [0.29, 0.717) is 17.7 Å². The molecule has 5 heteroatoms. The van der Waals surface area contributed by atoms with Gasteiger partial charge in [0.25, 0.3) is 0 Å². The molecule has 0 bridgehead atoms. The molecule has 0 saturated heterocycles. The Morgan fingerprint density at radius 3 is 2.75 bits per heavy atom. The number of amides is 1. The van der Waals surface area contributed by atoms with E-state index in [1.54, 1.807) is 11.9 Å². The van der Waals surface area contributed by atoms with Gasteiger partial charge in [0.05, 0.1) is 18.7 Å². The number of fused-ring (bicyclic) bond motifs is 1. The maximum Gasteiger partial charge on any atom is 0.234 e. The highest BCUT2D eigenvalue weighted by molar-refractivity contribution is 6.08. The Morgan fingerprint density at radius 2 is 2.00 bits per heavy atom. The Hall–Kier alpha value is -2.14. The van der Waals surface area contributed by atoms with E-state index in [0.717, 1.165) is 5.39 Å². The van der Waals surface area contributed by atoms with Crippen molar-refractivity contribution >= 4 is 22.7 Å². The van der Waals surface area contributed by atoms with Crippen molar-refractivity contribution in [2.24, 2.45) is 0 Å². The number of Topliss-reactive ketones (excluding diaryl/α,β-unsaturated/α-hetero) is 1. The monoisotopic (exact) mass is 274 g/mol. The summed E-state index contributed by atoms with van der Waals surface area (Å²) in [5.41, 5.74) is 1.26. The fraction of sp³-hybridized carbons (Fsp3) is 0.333. The number of hydrogen-bond acceptors (Lipinski definition) is 4. The number of para-hydroxylation sites is 1. The Balaban J connectivity index is 2.03. The van der Waals surface area contributed by atoms with Gasteiger partial charge in [0, 0.05) is 11.9 Å². The molecule has 0 spiro atoms. The van der Waals surface area contributed by atoms with Gasteiger partial charge in [-0.05, 0) is 20.0 Å². The van der Waals surface area contributed by atoms with Crippen LogP contribution in [-0.2, 0) is 4.79 Å². The fourth-order valence-electron chi connectivity index (χ4n) is 2.08. The average Bonchev–Trinajstić information content (AvgIpc) is 2.82. The standard InChI is InChI=1S/C15H18N2O3/c1-3-16-15(19)9-17(2)8-13(18)12-10-20-14-7-5-4-6-11(12)14/h4-7,10H,3,8-9H2,1-2H3,(H,16,19). The molecule has 0 unspecified atom stereocenters. The van der Waals surface area contributed by atoms with Crippen LogP contribution in [0.1, 0.15) is 17.3 Å². The number of rotatable bonds is 6. The van der Waals surface area contributed by atoms with Gasteiger partial charge in [0.1, 0.15) is 11.8 Å². The van der Waals surface area contributed by atoms with Crippen molar-refractivity contribution in [2.75, 3.05) is 26.7 Å². The van der Waals surface area contributed by atoms with E-state index < -0.39 is 0 Å². The van der Waals surface area contributed by atoms with Gasteiger partial charge in [-0.25, -0.2) is 0 Å². The quantitative estimate of drug-likeness (QED) is 0.814. The number of furan rings is 1. The molecule has 1 aromatic carbocycles. The Morgan fingerprint density at radius 1 is 1.25 bits per heavy atom. The Bertz CT molecular complexity index is 618. The lowest BCUT2D eigenvalue weighted by molar-refractivity contribution is -0.121. The van der Waals surface area contributed by atoms with Crippen LogP contribution in [0.3, 0.4) is 0 Å². The summed E-state index contributed by atoms with van der Waals surface area (Å²) in [4.78, 5) is 25.4. The van der Waals surface area contributed by atoms with E-state index in [4.69, 9.17) is 4.42 Å². The number of benzene rings is 1.